The van der Waals surface area contributed by atoms with Gasteiger partial charge in [0, 0.05) is 12.8 Å². The van der Waals surface area contributed by atoms with Crippen molar-refractivity contribution < 1.29 is 23.8 Å². The molecule has 0 amide bonds. The third-order valence-electron chi connectivity index (χ3n) is 4.82. The van der Waals surface area contributed by atoms with E-state index in [1.807, 2.05) is 37.3 Å². The average Bonchev–Trinajstić information content (AvgIpc) is 3.23. The van der Waals surface area contributed by atoms with Gasteiger partial charge in [-0.05, 0) is 12.5 Å². The quantitative estimate of drug-likeness (QED) is 0.738. The van der Waals surface area contributed by atoms with E-state index in [1.54, 1.807) is 10.9 Å². The molecule has 26 heavy (non-hydrogen) atoms. The summed E-state index contributed by atoms with van der Waals surface area (Å²) < 4.78 is 17.6. The van der Waals surface area contributed by atoms with Gasteiger partial charge in [-0.1, -0.05) is 30.3 Å². The van der Waals surface area contributed by atoms with Gasteiger partial charge in [-0.3, -0.25) is 0 Å². The Kier molecular flexibility index (Phi) is 4.24. The van der Waals surface area contributed by atoms with E-state index in [2.05, 4.69) is 4.98 Å². The number of carbonyl (C=O) groups excluding carboxylic acids is 2. The topological polar surface area (TPSA) is 79.7 Å². The van der Waals surface area contributed by atoms with Crippen LogP contribution in [0.1, 0.15) is 41.9 Å². The zero-order valence-corrected chi connectivity index (χ0v) is 14.5. The predicted molar refractivity (Wildman–Crippen MR) is 90.6 cm³/mol. The molecule has 2 aromatic rings. The summed E-state index contributed by atoms with van der Waals surface area (Å²) in [4.78, 5) is 29.1. The zero-order valence-electron chi connectivity index (χ0n) is 14.5. The molecule has 1 atom stereocenters. The monoisotopic (exact) mass is 356 g/mol. The number of carbonyl (C=O) groups is 2. The van der Waals surface area contributed by atoms with Crippen molar-refractivity contribution in [3.63, 3.8) is 0 Å². The van der Waals surface area contributed by atoms with Crippen molar-refractivity contribution in [2.75, 3.05) is 13.2 Å². The van der Waals surface area contributed by atoms with Gasteiger partial charge in [0.2, 0.25) is 5.60 Å². The number of hydrogen-bond acceptors (Lipinski definition) is 6. The number of aromatic nitrogens is 2. The molecule has 1 aliphatic carbocycles. The molecular formula is C19H20N2O5. The lowest BCUT2D eigenvalue weighted by molar-refractivity contribution is -0.183. The highest BCUT2D eigenvalue weighted by molar-refractivity contribution is 5.92. The first kappa shape index (κ1) is 16.8. The fraction of sp³-hybridized carbons (Fsp3) is 0.421. The van der Waals surface area contributed by atoms with Crippen LogP contribution in [-0.4, -0.2) is 46.4 Å². The van der Waals surface area contributed by atoms with Crippen LogP contribution in [0.25, 0.3) is 0 Å². The average molecular weight is 356 g/mol. The molecule has 136 valence electrons. The van der Waals surface area contributed by atoms with Gasteiger partial charge in [-0.15, -0.1) is 0 Å². The van der Waals surface area contributed by atoms with Crippen molar-refractivity contribution in [1.29, 1.82) is 0 Å². The summed E-state index contributed by atoms with van der Waals surface area (Å²) in [5.41, 5.74) is 0.204. The minimum Gasteiger partial charge on any atom is -0.454 e. The molecule has 0 bridgehead atoms. The maximum atomic E-state index is 12.7. The maximum Gasteiger partial charge on any atom is 0.357 e. The molecule has 1 aromatic heterocycles. The van der Waals surface area contributed by atoms with Gasteiger partial charge >= 0.3 is 11.9 Å². The van der Waals surface area contributed by atoms with Crippen molar-refractivity contribution >= 4 is 11.9 Å². The van der Waals surface area contributed by atoms with E-state index in [0.29, 0.717) is 31.7 Å². The molecule has 1 aromatic carbocycles. The summed E-state index contributed by atoms with van der Waals surface area (Å²) in [6.45, 7) is 2.78. The lowest BCUT2D eigenvalue weighted by Gasteiger charge is -2.27. The number of rotatable bonds is 6. The minimum atomic E-state index is -1.16. The minimum absolute atomic E-state index is 0.0875. The normalized spacial score (nSPS) is 19.3. The molecule has 1 saturated carbocycles. The van der Waals surface area contributed by atoms with Gasteiger partial charge in [0.25, 0.3) is 0 Å². The summed E-state index contributed by atoms with van der Waals surface area (Å²) in [5.74, 6) is -1.05. The second-order valence-electron chi connectivity index (χ2n) is 6.72. The second-order valence-corrected chi connectivity index (χ2v) is 6.72. The summed E-state index contributed by atoms with van der Waals surface area (Å²) in [6.07, 6.45) is 3.78. The van der Waals surface area contributed by atoms with Crippen molar-refractivity contribution in [1.82, 2.24) is 9.55 Å². The van der Waals surface area contributed by atoms with Gasteiger partial charge < -0.3 is 18.8 Å². The van der Waals surface area contributed by atoms with E-state index in [9.17, 15) is 9.59 Å². The molecule has 7 heteroatoms. The summed E-state index contributed by atoms with van der Waals surface area (Å²) in [6, 6.07) is 9.71. The first-order chi connectivity index (χ1) is 12.6. The molecule has 1 aliphatic heterocycles. The Hall–Kier alpha value is -2.67. The molecular weight excluding hydrogens is 336 g/mol. The van der Waals surface area contributed by atoms with Crippen LogP contribution in [0.2, 0.25) is 0 Å². The molecule has 2 fully saturated rings. The van der Waals surface area contributed by atoms with Crippen LogP contribution in [0, 0.1) is 0 Å². The highest BCUT2D eigenvalue weighted by Crippen LogP contribution is 2.42. The zero-order chi connectivity index (χ0) is 18.1. The van der Waals surface area contributed by atoms with Crippen molar-refractivity contribution in [3.05, 3.63) is 54.1 Å². The number of ether oxygens (including phenoxy) is 3. The lowest BCUT2D eigenvalue weighted by atomic mass is 10.1. The smallest absolute Gasteiger partial charge is 0.357 e. The standard InChI is InChI=1S/C19H20N2O5/c1-13(14-5-3-2-4-6-14)21-12-20-9-16(21)17(22)26-19(7-8-19)18(23)25-15-10-24-11-15/h2-6,9,12-13,15H,7-8,10-11H2,1H3/t13-/m1/s1. The maximum absolute atomic E-state index is 12.7. The molecule has 0 unspecified atom stereocenters. The highest BCUT2D eigenvalue weighted by Gasteiger charge is 2.57. The van der Waals surface area contributed by atoms with Crippen LogP contribution in [0.3, 0.4) is 0 Å². The Balaban J connectivity index is 1.47. The fourth-order valence-electron chi connectivity index (χ4n) is 2.90. The van der Waals surface area contributed by atoms with Crippen molar-refractivity contribution in [2.45, 2.75) is 37.5 Å². The molecule has 1 saturated heterocycles. The predicted octanol–water partition coefficient (Wildman–Crippen LogP) is 2.12. The Morgan fingerprint density at radius 2 is 2.00 bits per heavy atom. The number of nitrogens with zero attached hydrogens (tertiary/aromatic N) is 2. The summed E-state index contributed by atoms with van der Waals surface area (Å²) in [7, 11) is 0. The SMILES string of the molecule is C[C@H](c1ccccc1)n1cncc1C(=O)OC1(C(=O)OC2COC2)CC1. The third kappa shape index (κ3) is 3.10. The summed E-state index contributed by atoms with van der Waals surface area (Å²) >= 11 is 0. The Labute approximate surface area is 150 Å². The molecule has 0 N–H and O–H groups in total. The fourth-order valence-corrected chi connectivity index (χ4v) is 2.90. The van der Waals surface area contributed by atoms with Gasteiger partial charge in [-0.25, -0.2) is 14.6 Å². The van der Waals surface area contributed by atoms with E-state index in [0.717, 1.165) is 5.56 Å². The molecule has 2 aliphatic rings. The van der Waals surface area contributed by atoms with Crippen LogP contribution in [0.15, 0.2) is 42.9 Å². The van der Waals surface area contributed by atoms with Gasteiger partial charge in [-0.2, -0.15) is 0 Å². The van der Waals surface area contributed by atoms with Crippen molar-refractivity contribution in [2.24, 2.45) is 0 Å². The van der Waals surface area contributed by atoms with Crippen LogP contribution in [0.4, 0.5) is 0 Å². The van der Waals surface area contributed by atoms with E-state index in [1.165, 1.54) is 6.20 Å². The molecule has 2 heterocycles. The first-order valence-corrected chi connectivity index (χ1v) is 8.68. The molecule has 0 spiro atoms. The van der Waals surface area contributed by atoms with Crippen LogP contribution < -0.4 is 0 Å². The van der Waals surface area contributed by atoms with Crippen LogP contribution in [-0.2, 0) is 19.0 Å². The van der Waals surface area contributed by atoms with Gasteiger partial charge in [0.1, 0.15) is 11.8 Å². The lowest BCUT2D eigenvalue weighted by Crippen LogP contribution is -2.42. The number of imidazole rings is 1. The van der Waals surface area contributed by atoms with E-state index >= 15 is 0 Å². The largest absolute Gasteiger partial charge is 0.454 e. The summed E-state index contributed by atoms with van der Waals surface area (Å²) in [5, 5.41) is 0. The number of hydrogen-bond donors (Lipinski definition) is 0. The van der Waals surface area contributed by atoms with Crippen LogP contribution in [0.5, 0.6) is 0 Å². The molecule has 4 rings (SSSR count). The number of benzene rings is 1. The van der Waals surface area contributed by atoms with E-state index < -0.39 is 17.5 Å². The highest BCUT2D eigenvalue weighted by atomic mass is 16.6. The van der Waals surface area contributed by atoms with E-state index in [-0.39, 0.29) is 12.1 Å². The van der Waals surface area contributed by atoms with Gasteiger partial charge in [0.15, 0.2) is 0 Å². The van der Waals surface area contributed by atoms with Crippen LogP contribution >= 0.6 is 0 Å². The van der Waals surface area contributed by atoms with Gasteiger partial charge in [0.05, 0.1) is 31.8 Å². The van der Waals surface area contributed by atoms with Crippen molar-refractivity contribution in [3.8, 4) is 0 Å². The molecule has 0 radical (unpaired) electrons. The number of esters is 2. The molecule has 7 nitrogen and oxygen atoms in total. The Bertz CT molecular complexity index is 808. The Morgan fingerprint density at radius 1 is 1.27 bits per heavy atom. The Morgan fingerprint density at radius 3 is 2.62 bits per heavy atom. The third-order valence-corrected chi connectivity index (χ3v) is 4.82. The van der Waals surface area contributed by atoms with E-state index in [4.69, 9.17) is 14.2 Å². The second kappa shape index (κ2) is 6.57. The first-order valence-electron chi connectivity index (χ1n) is 8.68.